The van der Waals surface area contributed by atoms with Gasteiger partial charge in [0, 0.05) is 28.2 Å². The van der Waals surface area contributed by atoms with Crippen LogP contribution in [0.2, 0.25) is 0 Å². The first kappa shape index (κ1) is 18.5. The number of carbonyl (C=O) groups excluding carboxylic acids is 2. The number of rotatable bonds is 4. The lowest BCUT2D eigenvalue weighted by Gasteiger charge is -2.14. The summed E-state index contributed by atoms with van der Waals surface area (Å²) in [6.07, 6.45) is 0. The Labute approximate surface area is 158 Å². The molecule has 0 bridgehead atoms. The van der Waals surface area contributed by atoms with Crippen molar-refractivity contribution < 1.29 is 9.59 Å². The molecule has 1 aromatic heterocycles. The van der Waals surface area contributed by atoms with Crippen LogP contribution in [0.1, 0.15) is 35.5 Å². The molecule has 0 atom stereocenters. The third-order valence-electron chi connectivity index (χ3n) is 4.41. The van der Waals surface area contributed by atoms with Crippen molar-refractivity contribution in [1.82, 2.24) is 10.3 Å². The van der Waals surface area contributed by atoms with Crippen LogP contribution in [0, 0.1) is 13.8 Å². The zero-order chi connectivity index (χ0) is 19.6. The molecular weight excluding hydrogens is 340 g/mol. The second-order valence-electron chi connectivity index (χ2n) is 6.89. The van der Waals surface area contributed by atoms with Crippen molar-refractivity contribution in [1.29, 1.82) is 0 Å². The van der Waals surface area contributed by atoms with Crippen LogP contribution in [0.15, 0.2) is 42.5 Å². The van der Waals surface area contributed by atoms with E-state index in [0.717, 1.165) is 22.2 Å². The highest BCUT2D eigenvalue weighted by atomic mass is 16.2. The Hall–Kier alpha value is -3.28. The molecule has 0 spiro atoms. The standard InChI is InChI=1S/C21H24N4O2/c1-12(2)22-21(27)25-19-8-6-5-7-18(19)24-20(26)15-9-10-17-16(11-15)13(3)14(4)23-17/h5-12,23H,1-4H3,(H,24,26)(H2,22,25,27). The van der Waals surface area contributed by atoms with Crippen LogP contribution in [0.5, 0.6) is 0 Å². The first-order valence-electron chi connectivity index (χ1n) is 8.92. The van der Waals surface area contributed by atoms with Gasteiger partial charge in [0.05, 0.1) is 11.4 Å². The molecule has 0 aliphatic rings. The van der Waals surface area contributed by atoms with Gasteiger partial charge in [0.2, 0.25) is 0 Å². The monoisotopic (exact) mass is 364 g/mol. The maximum absolute atomic E-state index is 12.7. The first-order valence-corrected chi connectivity index (χ1v) is 8.92. The van der Waals surface area contributed by atoms with E-state index in [2.05, 4.69) is 20.9 Å². The fourth-order valence-electron chi connectivity index (χ4n) is 2.92. The van der Waals surface area contributed by atoms with Gasteiger partial charge >= 0.3 is 6.03 Å². The summed E-state index contributed by atoms with van der Waals surface area (Å²) < 4.78 is 0. The molecule has 2 aromatic carbocycles. The van der Waals surface area contributed by atoms with Crippen molar-refractivity contribution >= 4 is 34.2 Å². The average molecular weight is 364 g/mol. The van der Waals surface area contributed by atoms with E-state index in [4.69, 9.17) is 0 Å². The number of aromatic amines is 1. The molecule has 0 fully saturated rings. The van der Waals surface area contributed by atoms with E-state index in [9.17, 15) is 9.59 Å². The highest BCUT2D eigenvalue weighted by molar-refractivity contribution is 6.08. The van der Waals surface area contributed by atoms with Crippen molar-refractivity contribution in [2.45, 2.75) is 33.7 Å². The number of urea groups is 1. The highest BCUT2D eigenvalue weighted by Gasteiger charge is 2.13. The third kappa shape index (κ3) is 4.11. The van der Waals surface area contributed by atoms with Crippen LogP contribution in [0.25, 0.3) is 10.9 Å². The number of nitrogens with one attached hydrogen (secondary N) is 4. The Morgan fingerprint density at radius 1 is 0.963 bits per heavy atom. The van der Waals surface area contributed by atoms with E-state index >= 15 is 0 Å². The SMILES string of the molecule is Cc1[nH]c2ccc(C(=O)Nc3ccccc3NC(=O)NC(C)C)cc2c1C. The largest absolute Gasteiger partial charge is 0.358 e. The van der Waals surface area contributed by atoms with E-state index in [1.54, 1.807) is 24.3 Å². The molecule has 0 unspecified atom stereocenters. The lowest BCUT2D eigenvalue weighted by Crippen LogP contribution is -2.34. The number of anilines is 2. The average Bonchev–Trinajstić information content (AvgIpc) is 2.90. The number of carbonyl (C=O) groups is 2. The molecule has 1 heterocycles. The number of aryl methyl sites for hydroxylation is 2. The molecule has 0 aliphatic carbocycles. The van der Waals surface area contributed by atoms with Gasteiger partial charge in [-0.1, -0.05) is 12.1 Å². The second-order valence-corrected chi connectivity index (χ2v) is 6.89. The number of aromatic nitrogens is 1. The Bertz CT molecular complexity index is 1000. The van der Waals surface area contributed by atoms with Gasteiger partial charge in [-0.25, -0.2) is 4.79 Å². The maximum Gasteiger partial charge on any atom is 0.319 e. The summed E-state index contributed by atoms with van der Waals surface area (Å²) in [5.41, 5.74) is 4.88. The van der Waals surface area contributed by atoms with Gasteiger partial charge in [-0.05, 0) is 63.6 Å². The van der Waals surface area contributed by atoms with Crippen LogP contribution in [0.4, 0.5) is 16.2 Å². The molecule has 6 nitrogen and oxygen atoms in total. The van der Waals surface area contributed by atoms with E-state index in [1.165, 1.54) is 0 Å². The second kappa shape index (κ2) is 7.53. The molecule has 3 rings (SSSR count). The van der Waals surface area contributed by atoms with Gasteiger partial charge in [0.15, 0.2) is 0 Å². The van der Waals surface area contributed by atoms with Crippen molar-refractivity contribution in [3.63, 3.8) is 0 Å². The van der Waals surface area contributed by atoms with Gasteiger partial charge < -0.3 is 20.9 Å². The third-order valence-corrected chi connectivity index (χ3v) is 4.41. The molecule has 6 heteroatoms. The fourth-order valence-corrected chi connectivity index (χ4v) is 2.92. The lowest BCUT2D eigenvalue weighted by atomic mass is 10.1. The summed E-state index contributed by atoms with van der Waals surface area (Å²) in [5, 5.41) is 9.45. The minimum Gasteiger partial charge on any atom is -0.358 e. The van der Waals surface area contributed by atoms with E-state index < -0.39 is 0 Å². The zero-order valence-corrected chi connectivity index (χ0v) is 15.9. The fraction of sp³-hybridized carbons (Fsp3) is 0.238. The lowest BCUT2D eigenvalue weighted by molar-refractivity contribution is 0.102. The predicted molar refractivity (Wildman–Crippen MR) is 109 cm³/mol. The van der Waals surface area contributed by atoms with Gasteiger partial charge in [0.1, 0.15) is 0 Å². The van der Waals surface area contributed by atoms with Crippen LogP contribution in [-0.2, 0) is 0 Å². The Kier molecular flexibility index (Phi) is 5.16. The summed E-state index contributed by atoms with van der Waals surface area (Å²) in [6.45, 7) is 7.81. The summed E-state index contributed by atoms with van der Waals surface area (Å²) in [5.74, 6) is -0.228. The van der Waals surface area contributed by atoms with Gasteiger partial charge in [-0.2, -0.15) is 0 Å². The highest BCUT2D eigenvalue weighted by Crippen LogP contribution is 2.25. The van der Waals surface area contributed by atoms with Crippen LogP contribution < -0.4 is 16.0 Å². The number of hydrogen-bond donors (Lipinski definition) is 4. The van der Waals surface area contributed by atoms with Gasteiger partial charge in [0.25, 0.3) is 5.91 Å². The van der Waals surface area contributed by atoms with Crippen molar-refractivity contribution in [2.24, 2.45) is 0 Å². The summed E-state index contributed by atoms with van der Waals surface area (Å²) >= 11 is 0. The number of fused-ring (bicyclic) bond motifs is 1. The molecule has 0 saturated carbocycles. The van der Waals surface area contributed by atoms with E-state index in [-0.39, 0.29) is 18.0 Å². The summed E-state index contributed by atoms with van der Waals surface area (Å²) in [6, 6.07) is 12.4. The zero-order valence-electron chi connectivity index (χ0n) is 15.9. The minimum absolute atomic E-state index is 0.0199. The number of hydrogen-bond acceptors (Lipinski definition) is 2. The van der Waals surface area contributed by atoms with E-state index in [1.807, 2.05) is 45.9 Å². The maximum atomic E-state index is 12.7. The Morgan fingerprint density at radius 3 is 2.30 bits per heavy atom. The first-order chi connectivity index (χ1) is 12.8. The predicted octanol–water partition coefficient (Wildman–Crippen LogP) is 4.57. The topological polar surface area (TPSA) is 86.0 Å². The Balaban J connectivity index is 1.82. The van der Waals surface area contributed by atoms with Crippen LogP contribution >= 0.6 is 0 Å². The molecule has 0 radical (unpaired) electrons. The molecule has 0 aliphatic heterocycles. The van der Waals surface area contributed by atoms with Gasteiger partial charge in [-0.3, -0.25) is 4.79 Å². The van der Waals surface area contributed by atoms with Gasteiger partial charge in [-0.15, -0.1) is 0 Å². The smallest absolute Gasteiger partial charge is 0.319 e. The molecule has 3 aromatic rings. The molecule has 0 saturated heterocycles. The molecule has 4 N–H and O–H groups in total. The number of benzene rings is 2. The minimum atomic E-state index is -0.313. The molecule has 27 heavy (non-hydrogen) atoms. The summed E-state index contributed by atoms with van der Waals surface area (Å²) in [4.78, 5) is 28.0. The van der Waals surface area contributed by atoms with Crippen molar-refractivity contribution in [3.8, 4) is 0 Å². The van der Waals surface area contributed by atoms with Crippen LogP contribution in [0.3, 0.4) is 0 Å². The molecular formula is C21H24N4O2. The van der Waals surface area contributed by atoms with Crippen molar-refractivity contribution in [2.75, 3.05) is 10.6 Å². The quantitative estimate of drug-likeness (QED) is 0.547. The number of para-hydroxylation sites is 2. The Morgan fingerprint density at radius 2 is 1.63 bits per heavy atom. The number of H-pyrrole nitrogens is 1. The normalized spacial score (nSPS) is 10.9. The number of amides is 3. The van der Waals surface area contributed by atoms with Crippen molar-refractivity contribution in [3.05, 3.63) is 59.3 Å². The molecule has 140 valence electrons. The van der Waals surface area contributed by atoms with Crippen LogP contribution in [-0.4, -0.2) is 23.0 Å². The summed E-state index contributed by atoms with van der Waals surface area (Å²) in [7, 11) is 0. The van der Waals surface area contributed by atoms with E-state index in [0.29, 0.717) is 16.9 Å². The molecule has 3 amide bonds.